The molecule has 0 fully saturated rings. The highest BCUT2D eigenvalue weighted by molar-refractivity contribution is 5.98. The molecule has 0 N–H and O–H groups in total. The molecule has 0 aliphatic carbocycles. The Hall–Kier alpha value is -3.87. The fourth-order valence-electron chi connectivity index (χ4n) is 3.17. The predicted molar refractivity (Wildman–Crippen MR) is 104 cm³/mol. The highest BCUT2D eigenvalue weighted by atomic mass is 16.3. The predicted octanol–water partition coefficient (Wildman–Crippen LogP) is 3.60. The van der Waals surface area contributed by atoms with Gasteiger partial charge in [0.05, 0.1) is 30.8 Å². The van der Waals surface area contributed by atoms with Gasteiger partial charge in [0.15, 0.2) is 11.4 Å². The number of aryl methyl sites for hydroxylation is 1. The first-order valence-electron chi connectivity index (χ1n) is 8.76. The van der Waals surface area contributed by atoms with Crippen molar-refractivity contribution in [3.05, 3.63) is 72.9 Å². The summed E-state index contributed by atoms with van der Waals surface area (Å²) >= 11 is 0. The third-order valence-corrected chi connectivity index (χ3v) is 4.63. The second-order valence-corrected chi connectivity index (χ2v) is 6.62. The van der Waals surface area contributed by atoms with Gasteiger partial charge in [-0.2, -0.15) is 5.10 Å². The Morgan fingerprint density at radius 1 is 1.00 bits per heavy atom. The Morgan fingerprint density at radius 2 is 1.89 bits per heavy atom. The molecular weight excluding hydrogens is 354 g/mol. The van der Waals surface area contributed by atoms with Gasteiger partial charge >= 0.3 is 0 Å². The maximum atomic E-state index is 12.7. The lowest BCUT2D eigenvalue weighted by atomic mass is 10.1. The van der Waals surface area contributed by atoms with Crippen LogP contribution in [-0.4, -0.2) is 30.5 Å². The number of furan rings is 1. The van der Waals surface area contributed by atoms with E-state index in [1.165, 1.54) is 0 Å². The lowest BCUT2D eigenvalue weighted by Gasteiger charge is -2.04. The molecule has 0 saturated carbocycles. The van der Waals surface area contributed by atoms with Crippen molar-refractivity contribution in [1.82, 2.24) is 24.7 Å². The number of rotatable bonds is 4. The van der Waals surface area contributed by atoms with E-state index >= 15 is 0 Å². The molecule has 0 radical (unpaired) electrons. The number of carbonyl (C=O) groups is 1. The van der Waals surface area contributed by atoms with E-state index in [0.29, 0.717) is 17.0 Å². The van der Waals surface area contributed by atoms with Crippen LogP contribution in [0.2, 0.25) is 0 Å². The summed E-state index contributed by atoms with van der Waals surface area (Å²) in [6.07, 6.45) is 10.5. The average Bonchev–Trinajstić information content (AvgIpc) is 3.35. The van der Waals surface area contributed by atoms with Crippen LogP contribution in [0.3, 0.4) is 0 Å². The number of carbonyl (C=O) groups excluding carboxylic acids is 1. The Bertz CT molecular complexity index is 1340. The van der Waals surface area contributed by atoms with Gasteiger partial charge in [-0.25, -0.2) is 4.98 Å². The first kappa shape index (κ1) is 16.3. The first-order chi connectivity index (χ1) is 13.7. The SMILES string of the molecule is Cn1cc(-c2cc3cc(CC(=O)c4cc5ccoc5cn4)ncc3cn2)cn1. The van der Waals surface area contributed by atoms with Crippen molar-refractivity contribution in [3.63, 3.8) is 0 Å². The summed E-state index contributed by atoms with van der Waals surface area (Å²) in [5.41, 5.74) is 3.53. The van der Waals surface area contributed by atoms with Crippen LogP contribution in [0.25, 0.3) is 33.0 Å². The molecule has 0 amide bonds. The van der Waals surface area contributed by atoms with Crippen molar-refractivity contribution in [3.8, 4) is 11.3 Å². The van der Waals surface area contributed by atoms with Gasteiger partial charge in [-0.15, -0.1) is 0 Å². The number of hydrogen-bond acceptors (Lipinski definition) is 6. The molecule has 5 rings (SSSR count). The van der Waals surface area contributed by atoms with Gasteiger partial charge in [-0.3, -0.25) is 19.4 Å². The normalized spacial score (nSPS) is 11.3. The lowest BCUT2D eigenvalue weighted by molar-refractivity contribution is 0.0987. The molecule has 5 aromatic heterocycles. The molecule has 0 spiro atoms. The van der Waals surface area contributed by atoms with E-state index in [4.69, 9.17) is 4.42 Å². The van der Waals surface area contributed by atoms with Crippen LogP contribution in [0.1, 0.15) is 16.2 Å². The minimum atomic E-state index is -0.0866. The minimum absolute atomic E-state index is 0.0866. The summed E-state index contributed by atoms with van der Waals surface area (Å²) in [6.45, 7) is 0. The fourth-order valence-corrected chi connectivity index (χ4v) is 3.17. The van der Waals surface area contributed by atoms with Gasteiger partial charge < -0.3 is 4.42 Å². The molecule has 0 aliphatic rings. The third kappa shape index (κ3) is 2.92. The third-order valence-electron chi connectivity index (χ3n) is 4.63. The average molecular weight is 369 g/mol. The van der Waals surface area contributed by atoms with E-state index in [2.05, 4.69) is 20.1 Å². The Balaban J connectivity index is 1.45. The zero-order valence-electron chi connectivity index (χ0n) is 15.0. The molecule has 7 nitrogen and oxygen atoms in total. The number of hydrogen-bond donors (Lipinski definition) is 0. The monoisotopic (exact) mass is 369 g/mol. The molecule has 5 aromatic rings. The molecule has 0 atom stereocenters. The molecule has 7 heteroatoms. The maximum absolute atomic E-state index is 12.7. The van der Waals surface area contributed by atoms with Gasteiger partial charge in [0.2, 0.25) is 0 Å². The smallest absolute Gasteiger partial charge is 0.187 e. The number of ketones is 1. The van der Waals surface area contributed by atoms with E-state index in [0.717, 1.165) is 27.4 Å². The van der Waals surface area contributed by atoms with E-state index in [1.54, 1.807) is 41.8 Å². The standard InChI is InChI=1S/C21H15N5O2/c1-26-12-16(10-25-26)18-6-14-4-17(22-8-15(14)9-23-18)7-20(27)19-5-13-2-3-28-21(13)11-24-19/h2-6,8-12H,7H2,1H3. The van der Waals surface area contributed by atoms with Crippen LogP contribution in [0.15, 0.2) is 65.9 Å². The molecule has 0 aromatic carbocycles. The molecule has 28 heavy (non-hydrogen) atoms. The fraction of sp³-hybridized carbons (Fsp3) is 0.0952. The van der Waals surface area contributed by atoms with Crippen LogP contribution in [0.5, 0.6) is 0 Å². The van der Waals surface area contributed by atoms with Crippen molar-refractivity contribution >= 4 is 27.5 Å². The molecular formula is C21H15N5O2. The zero-order valence-corrected chi connectivity index (χ0v) is 15.0. The summed E-state index contributed by atoms with van der Waals surface area (Å²) in [5, 5.41) is 6.94. The van der Waals surface area contributed by atoms with Gasteiger partial charge in [0, 0.05) is 47.7 Å². The zero-order chi connectivity index (χ0) is 19.1. The van der Waals surface area contributed by atoms with Crippen molar-refractivity contribution in [2.75, 3.05) is 0 Å². The van der Waals surface area contributed by atoms with E-state index in [-0.39, 0.29) is 12.2 Å². The molecule has 0 aliphatic heterocycles. The Morgan fingerprint density at radius 3 is 2.75 bits per heavy atom. The quantitative estimate of drug-likeness (QED) is 0.450. The van der Waals surface area contributed by atoms with Gasteiger partial charge in [0.1, 0.15) is 5.69 Å². The number of aromatic nitrogens is 5. The summed E-state index contributed by atoms with van der Waals surface area (Å²) in [6, 6.07) is 7.46. The Labute approximate surface area is 159 Å². The number of fused-ring (bicyclic) bond motifs is 2. The van der Waals surface area contributed by atoms with Gasteiger partial charge in [-0.1, -0.05) is 0 Å². The number of nitrogens with zero attached hydrogens (tertiary/aromatic N) is 5. The van der Waals surface area contributed by atoms with Gasteiger partial charge in [-0.05, 0) is 29.7 Å². The second kappa shape index (κ2) is 6.38. The lowest BCUT2D eigenvalue weighted by Crippen LogP contribution is -2.07. The molecule has 0 saturated heterocycles. The minimum Gasteiger partial charge on any atom is -0.463 e. The largest absolute Gasteiger partial charge is 0.463 e. The highest BCUT2D eigenvalue weighted by Gasteiger charge is 2.12. The van der Waals surface area contributed by atoms with Crippen molar-refractivity contribution in [2.45, 2.75) is 6.42 Å². The van der Waals surface area contributed by atoms with E-state index < -0.39 is 0 Å². The van der Waals surface area contributed by atoms with Crippen LogP contribution in [0.4, 0.5) is 0 Å². The van der Waals surface area contributed by atoms with Crippen molar-refractivity contribution < 1.29 is 9.21 Å². The number of pyridine rings is 3. The van der Waals surface area contributed by atoms with Crippen molar-refractivity contribution in [2.24, 2.45) is 7.05 Å². The Kier molecular flexibility index (Phi) is 3.72. The summed E-state index contributed by atoms with van der Waals surface area (Å²) < 4.78 is 7.01. The molecule has 0 unspecified atom stereocenters. The molecule has 0 bridgehead atoms. The first-order valence-corrected chi connectivity index (χ1v) is 8.76. The van der Waals surface area contributed by atoms with E-state index in [1.807, 2.05) is 31.4 Å². The van der Waals surface area contributed by atoms with Crippen LogP contribution in [0, 0.1) is 0 Å². The molecule has 5 heterocycles. The summed E-state index contributed by atoms with van der Waals surface area (Å²) in [5.74, 6) is -0.0866. The van der Waals surface area contributed by atoms with Crippen molar-refractivity contribution in [1.29, 1.82) is 0 Å². The van der Waals surface area contributed by atoms with Crippen LogP contribution in [-0.2, 0) is 13.5 Å². The molecule has 136 valence electrons. The maximum Gasteiger partial charge on any atom is 0.187 e. The van der Waals surface area contributed by atoms with Crippen LogP contribution >= 0.6 is 0 Å². The van der Waals surface area contributed by atoms with E-state index in [9.17, 15) is 4.79 Å². The van der Waals surface area contributed by atoms with Gasteiger partial charge in [0.25, 0.3) is 0 Å². The highest BCUT2D eigenvalue weighted by Crippen LogP contribution is 2.22. The second-order valence-electron chi connectivity index (χ2n) is 6.62. The summed E-state index contributed by atoms with van der Waals surface area (Å²) in [7, 11) is 1.87. The summed E-state index contributed by atoms with van der Waals surface area (Å²) in [4.78, 5) is 25.7. The number of Topliss-reactive ketones (excluding diaryl/α,β-unsaturated/α-hetero) is 1. The van der Waals surface area contributed by atoms with Crippen LogP contribution < -0.4 is 0 Å². The topological polar surface area (TPSA) is 86.7 Å².